The molecule has 0 fully saturated rings. The number of aryl methyl sites for hydroxylation is 1. The van der Waals surface area contributed by atoms with Crippen LogP contribution in [0.1, 0.15) is 18.6 Å². The zero-order valence-corrected chi connectivity index (χ0v) is 7.65. The number of rotatable bonds is 3. The van der Waals surface area contributed by atoms with E-state index in [9.17, 15) is 14.7 Å². The van der Waals surface area contributed by atoms with Crippen LogP contribution in [0.3, 0.4) is 0 Å². The van der Waals surface area contributed by atoms with Gasteiger partial charge in [0, 0.05) is 6.42 Å². The number of hydrogen-bond acceptors (Lipinski definition) is 3. The van der Waals surface area contributed by atoms with Crippen LogP contribution >= 0.6 is 0 Å². The maximum atomic E-state index is 10.8. The molecule has 0 heterocycles. The van der Waals surface area contributed by atoms with Crippen molar-refractivity contribution in [2.45, 2.75) is 20.8 Å². The summed E-state index contributed by atoms with van der Waals surface area (Å²) in [7, 11) is 0. The maximum Gasteiger partial charge on any atom is 0.372 e. The van der Waals surface area contributed by atoms with Gasteiger partial charge in [-0.25, -0.2) is 4.79 Å². The number of ketones is 1. The molecular weight excluding hydrogens is 196 g/mol. The lowest BCUT2D eigenvalue weighted by atomic mass is 10.1. The molecule has 82 valence electrons. The summed E-state index contributed by atoms with van der Waals surface area (Å²) in [6.45, 7) is 1.68. The van der Waals surface area contributed by atoms with E-state index < -0.39 is 11.8 Å². The van der Waals surface area contributed by atoms with Crippen LogP contribution in [-0.2, 0) is 16.0 Å². The van der Waals surface area contributed by atoms with Gasteiger partial charge in [-0.15, -0.1) is 0 Å². The molecule has 0 aliphatic heterocycles. The average Bonchev–Trinajstić information content (AvgIpc) is 2.11. The summed E-state index contributed by atoms with van der Waals surface area (Å²) in [4.78, 5) is 21.1. The van der Waals surface area contributed by atoms with Crippen molar-refractivity contribution in [3.63, 3.8) is 0 Å². The van der Waals surface area contributed by atoms with Gasteiger partial charge in [-0.3, -0.25) is 4.79 Å². The zero-order chi connectivity index (χ0) is 10.7. The Labute approximate surface area is 88.2 Å². The summed E-state index contributed by atoms with van der Waals surface area (Å²) in [5.74, 6) is -2.15. The van der Waals surface area contributed by atoms with Gasteiger partial charge in [0.2, 0.25) is 5.78 Å². The highest BCUT2D eigenvalue weighted by Gasteiger charge is 2.12. The number of aliphatic carboxylic acids is 1. The van der Waals surface area contributed by atoms with E-state index in [0.717, 1.165) is 0 Å². The fraction of sp³-hybridized carbons (Fsp3) is 0.273. The molecular formula is C11H14O4. The second-order valence-corrected chi connectivity index (χ2v) is 3.03. The van der Waals surface area contributed by atoms with Gasteiger partial charge in [0.05, 0.1) is 0 Å². The van der Waals surface area contributed by atoms with Crippen LogP contribution in [0.25, 0.3) is 0 Å². The van der Waals surface area contributed by atoms with E-state index in [0.29, 0.717) is 11.1 Å². The van der Waals surface area contributed by atoms with Gasteiger partial charge in [0.25, 0.3) is 0 Å². The van der Waals surface area contributed by atoms with Gasteiger partial charge in [-0.2, -0.15) is 0 Å². The topological polar surface area (TPSA) is 74.6 Å². The second kappa shape index (κ2) is 5.14. The summed E-state index contributed by atoms with van der Waals surface area (Å²) in [6.07, 6.45) is -0.142. The third-order valence-electron chi connectivity index (χ3n) is 1.86. The van der Waals surface area contributed by atoms with Gasteiger partial charge in [-0.1, -0.05) is 19.6 Å². The first-order valence-electron chi connectivity index (χ1n) is 4.05. The predicted octanol–water partition coefficient (Wildman–Crippen LogP) is 1.53. The van der Waals surface area contributed by atoms with Crippen LogP contribution in [0.15, 0.2) is 18.2 Å². The number of phenols is 1. The molecule has 1 aromatic carbocycles. The number of carbonyl (C=O) groups is 2. The minimum atomic E-state index is -1.43. The molecule has 4 heteroatoms. The van der Waals surface area contributed by atoms with Gasteiger partial charge < -0.3 is 10.2 Å². The fourth-order valence-corrected chi connectivity index (χ4v) is 1.09. The van der Waals surface area contributed by atoms with Crippen LogP contribution in [0.4, 0.5) is 0 Å². The number of hydrogen-bond donors (Lipinski definition) is 2. The molecule has 0 saturated heterocycles. The summed E-state index contributed by atoms with van der Waals surface area (Å²) >= 11 is 0. The third-order valence-corrected chi connectivity index (χ3v) is 1.86. The zero-order valence-electron chi connectivity index (χ0n) is 7.65. The Morgan fingerprint density at radius 1 is 1.33 bits per heavy atom. The summed E-state index contributed by atoms with van der Waals surface area (Å²) in [5, 5.41) is 17.6. The molecule has 0 aliphatic carbocycles. The molecule has 0 aliphatic rings. The highest BCUT2D eigenvalue weighted by atomic mass is 16.4. The number of benzene rings is 1. The molecule has 0 atom stereocenters. The van der Waals surface area contributed by atoms with E-state index in [1.807, 2.05) is 0 Å². The minimum Gasteiger partial charge on any atom is -0.508 e. The molecule has 0 bridgehead atoms. The second-order valence-electron chi connectivity index (χ2n) is 3.03. The highest BCUT2D eigenvalue weighted by Crippen LogP contribution is 2.17. The molecule has 0 unspecified atom stereocenters. The molecule has 0 aromatic heterocycles. The van der Waals surface area contributed by atoms with Crippen LogP contribution in [0.2, 0.25) is 0 Å². The van der Waals surface area contributed by atoms with Crippen molar-refractivity contribution in [3.8, 4) is 5.75 Å². The van der Waals surface area contributed by atoms with Gasteiger partial charge >= 0.3 is 5.97 Å². The Bertz CT molecular complexity index is 382. The van der Waals surface area contributed by atoms with Gasteiger partial charge in [0.15, 0.2) is 0 Å². The SMILES string of the molecule is C.Cc1cc(CC(=O)C(=O)O)ccc1O. The van der Waals surface area contributed by atoms with Crippen molar-refractivity contribution >= 4 is 11.8 Å². The Morgan fingerprint density at radius 2 is 1.93 bits per heavy atom. The van der Waals surface area contributed by atoms with Crippen LogP contribution in [0, 0.1) is 6.92 Å². The number of carbonyl (C=O) groups excluding carboxylic acids is 1. The van der Waals surface area contributed by atoms with Gasteiger partial charge in [0.1, 0.15) is 5.75 Å². The molecule has 15 heavy (non-hydrogen) atoms. The lowest BCUT2D eigenvalue weighted by Crippen LogP contribution is -2.14. The molecule has 1 aromatic rings. The normalized spacial score (nSPS) is 9.13. The van der Waals surface area contributed by atoms with Crippen LogP contribution in [-0.4, -0.2) is 22.0 Å². The van der Waals surface area contributed by atoms with E-state index in [1.54, 1.807) is 13.0 Å². The Kier molecular flexibility index (Phi) is 4.51. The Hall–Kier alpha value is -1.84. The predicted molar refractivity (Wildman–Crippen MR) is 55.9 cm³/mol. The monoisotopic (exact) mass is 210 g/mol. The average molecular weight is 210 g/mol. The number of aromatic hydroxyl groups is 1. The summed E-state index contributed by atoms with van der Waals surface area (Å²) < 4.78 is 0. The summed E-state index contributed by atoms with van der Waals surface area (Å²) in [6, 6.07) is 4.57. The first-order valence-corrected chi connectivity index (χ1v) is 4.05. The number of phenolic OH excluding ortho intramolecular Hbond substituents is 1. The first kappa shape index (κ1) is 13.2. The van der Waals surface area contributed by atoms with Crippen molar-refractivity contribution < 1.29 is 19.8 Å². The molecule has 0 saturated carbocycles. The quantitative estimate of drug-likeness (QED) is 0.742. The Balaban J connectivity index is 0.00000196. The molecule has 4 nitrogen and oxygen atoms in total. The van der Waals surface area contributed by atoms with E-state index in [-0.39, 0.29) is 19.6 Å². The van der Waals surface area contributed by atoms with Crippen molar-refractivity contribution in [1.82, 2.24) is 0 Å². The van der Waals surface area contributed by atoms with Crippen molar-refractivity contribution in [2.24, 2.45) is 0 Å². The van der Waals surface area contributed by atoms with E-state index in [2.05, 4.69) is 0 Å². The first-order chi connectivity index (χ1) is 6.50. The molecule has 0 radical (unpaired) electrons. The van der Waals surface area contributed by atoms with Gasteiger partial charge in [-0.05, 0) is 24.1 Å². The smallest absolute Gasteiger partial charge is 0.372 e. The standard InChI is InChI=1S/C10H10O4.CH4/c1-6-4-7(2-3-8(6)11)5-9(12)10(13)14;/h2-4,11H,5H2,1H3,(H,13,14);1H4. The molecule has 0 spiro atoms. The van der Waals surface area contributed by atoms with Crippen LogP contribution < -0.4 is 0 Å². The highest BCUT2D eigenvalue weighted by molar-refractivity contribution is 6.33. The van der Waals surface area contributed by atoms with E-state index >= 15 is 0 Å². The van der Waals surface area contributed by atoms with E-state index in [4.69, 9.17) is 5.11 Å². The van der Waals surface area contributed by atoms with Crippen molar-refractivity contribution in [3.05, 3.63) is 29.3 Å². The summed E-state index contributed by atoms with van der Waals surface area (Å²) in [5.41, 5.74) is 1.22. The lowest BCUT2D eigenvalue weighted by Gasteiger charge is -2.01. The maximum absolute atomic E-state index is 10.8. The van der Waals surface area contributed by atoms with Crippen molar-refractivity contribution in [2.75, 3.05) is 0 Å². The minimum absolute atomic E-state index is 0. The van der Waals surface area contributed by atoms with E-state index in [1.165, 1.54) is 12.1 Å². The molecule has 1 rings (SSSR count). The number of carboxylic acids is 1. The lowest BCUT2D eigenvalue weighted by molar-refractivity contribution is -0.148. The number of Topliss-reactive ketones (excluding diaryl/α,β-unsaturated/α-hetero) is 1. The molecule has 2 N–H and O–H groups in total. The largest absolute Gasteiger partial charge is 0.508 e. The number of carboxylic acid groups (broad SMARTS) is 1. The fourth-order valence-electron chi connectivity index (χ4n) is 1.09. The third kappa shape index (κ3) is 3.42. The van der Waals surface area contributed by atoms with Crippen molar-refractivity contribution in [1.29, 1.82) is 0 Å². The Morgan fingerprint density at radius 3 is 2.40 bits per heavy atom. The molecule has 0 amide bonds. The van der Waals surface area contributed by atoms with Crippen LogP contribution in [0.5, 0.6) is 5.75 Å².